The lowest BCUT2D eigenvalue weighted by Gasteiger charge is -2.38. The lowest BCUT2D eigenvalue weighted by Crippen LogP contribution is -2.41. The minimum atomic E-state index is -0.112. The van der Waals surface area contributed by atoms with E-state index in [0.717, 1.165) is 68.6 Å². The van der Waals surface area contributed by atoms with Crippen LogP contribution in [0.25, 0.3) is 0 Å². The number of rotatable bonds is 6. The van der Waals surface area contributed by atoms with Gasteiger partial charge in [0.2, 0.25) is 5.91 Å². The molecule has 3 aliphatic rings. The number of likely N-dealkylation sites (tertiary alicyclic amines) is 1. The second-order valence-corrected chi connectivity index (χ2v) is 10.3. The fourth-order valence-corrected chi connectivity index (χ4v) is 5.49. The highest BCUT2D eigenvalue weighted by atomic mass is 16.5. The summed E-state index contributed by atoms with van der Waals surface area (Å²) in [6.07, 6.45) is 4.94. The highest BCUT2D eigenvalue weighted by Crippen LogP contribution is 2.41. The van der Waals surface area contributed by atoms with Crippen molar-refractivity contribution >= 4 is 11.8 Å². The molecule has 1 aromatic heterocycles. The molecule has 3 heterocycles. The van der Waals surface area contributed by atoms with Crippen LogP contribution in [0, 0.1) is 12.8 Å². The van der Waals surface area contributed by atoms with Crippen molar-refractivity contribution in [2.24, 2.45) is 5.92 Å². The Morgan fingerprint density at radius 3 is 2.61 bits per heavy atom. The van der Waals surface area contributed by atoms with E-state index < -0.39 is 0 Å². The van der Waals surface area contributed by atoms with Gasteiger partial charge in [0.25, 0.3) is 5.91 Å². The zero-order chi connectivity index (χ0) is 24.6. The SMILES string of the molecule is Cc1cccc([C@@H]2c3cc(OCc4ccc(C(=O)N5CCCC5)o4)ccc3CCN2C(=O)C2CC2)c1. The minimum Gasteiger partial charge on any atom is -0.486 e. The molecule has 6 rings (SSSR count). The molecule has 1 saturated heterocycles. The lowest BCUT2D eigenvalue weighted by atomic mass is 9.87. The summed E-state index contributed by atoms with van der Waals surface area (Å²) in [7, 11) is 0. The van der Waals surface area contributed by atoms with E-state index in [0.29, 0.717) is 11.5 Å². The standard InChI is InChI=1S/C30H32N2O4/c1-20-5-4-6-23(17-20)28-26-18-24(10-9-21(26)13-16-32(28)29(33)22-7-8-22)35-19-25-11-12-27(36-25)30(34)31-14-2-3-15-31/h4-6,9-12,17-18,22,28H,2-3,7-8,13-16,19H2,1H3/t28-/m1/s1. The molecule has 0 radical (unpaired) electrons. The van der Waals surface area contributed by atoms with Crippen LogP contribution in [0.1, 0.15) is 70.3 Å². The number of carbonyl (C=O) groups excluding carboxylic acids is 2. The Hall–Kier alpha value is -3.54. The molecule has 2 fully saturated rings. The monoisotopic (exact) mass is 484 g/mol. The Kier molecular flexibility index (Phi) is 6.04. The second kappa shape index (κ2) is 9.49. The van der Waals surface area contributed by atoms with Gasteiger partial charge in [0.15, 0.2) is 5.76 Å². The van der Waals surface area contributed by atoms with Gasteiger partial charge in [-0.25, -0.2) is 0 Å². The van der Waals surface area contributed by atoms with Gasteiger partial charge in [-0.05, 0) is 80.0 Å². The summed E-state index contributed by atoms with van der Waals surface area (Å²) < 4.78 is 11.9. The van der Waals surface area contributed by atoms with Crippen LogP contribution in [0.15, 0.2) is 59.0 Å². The molecular weight excluding hydrogens is 452 g/mol. The Morgan fingerprint density at radius 1 is 1.00 bits per heavy atom. The molecule has 2 aromatic carbocycles. The molecule has 0 N–H and O–H groups in total. The Morgan fingerprint density at radius 2 is 1.83 bits per heavy atom. The summed E-state index contributed by atoms with van der Waals surface area (Å²) in [5.41, 5.74) is 4.70. The number of ether oxygens (including phenoxy) is 1. The zero-order valence-corrected chi connectivity index (χ0v) is 20.7. The van der Waals surface area contributed by atoms with Gasteiger partial charge >= 0.3 is 0 Å². The Balaban J connectivity index is 1.23. The van der Waals surface area contributed by atoms with Gasteiger partial charge in [0.1, 0.15) is 18.1 Å². The van der Waals surface area contributed by atoms with Gasteiger partial charge in [-0.3, -0.25) is 9.59 Å². The number of hydrogen-bond donors (Lipinski definition) is 0. The van der Waals surface area contributed by atoms with Gasteiger partial charge in [-0.1, -0.05) is 35.9 Å². The van der Waals surface area contributed by atoms with Gasteiger partial charge < -0.3 is 19.0 Å². The van der Waals surface area contributed by atoms with Crippen molar-refractivity contribution in [2.75, 3.05) is 19.6 Å². The molecule has 1 atom stereocenters. The van der Waals surface area contributed by atoms with Gasteiger partial charge in [-0.15, -0.1) is 0 Å². The smallest absolute Gasteiger partial charge is 0.289 e. The van der Waals surface area contributed by atoms with Crippen molar-refractivity contribution in [1.82, 2.24) is 9.80 Å². The van der Waals surface area contributed by atoms with Crippen molar-refractivity contribution in [3.8, 4) is 5.75 Å². The van der Waals surface area contributed by atoms with E-state index in [1.165, 1.54) is 11.1 Å². The maximum atomic E-state index is 13.2. The third-order valence-corrected chi connectivity index (χ3v) is 7.56. The molecule has 36 heavy (non-hydrogen) atoms. The normalized spacial score (nSPS) is 19.3. The number of furan rings is 1. The first-order valence-corrected chi connectivity index (χ1v) is 13.1. The van der Waals surface area contributed by atoms with Crippen molar-refractivity contribution in [2.45, 2.75) is 51.7 Å². The number of benzene rings is 2. The van der Waals surface area contributed by atoms with Crippen LogP contribution in [-0.2, 0) is 17.8 Å². The van der Waals surface area contributed by atoms with E-state index in [4.69, 9.17) is 9.15 Å². The fourth-order valence-electron chi connectivity index (χ4n) is 5.49. The van der Waals surface area contributed by atoms with Gasteiger partial charge in [-0.2, -0.15) is 0 Å². The number of amides is 2. The summed E-state index contributed by atoms with van der Waals surface area (Å²) in [4.78, 5) is 29.7. The zero-order valence-electron chi connectivity index (χ0n) is 20.7. The number of aryl methyl sites for hydroxylation is 1. The molecule has 0 spiro atoms. The molecular formula is C30H32N2O4. The highest BCUT2D eigenvalue weighted by molar-refractivity contribution is 5.91. The molecule has 0 bridgehead atoms. The lowest BCUT2D eigenvalue weighted by molar-refractivity contribution is -0.134. The molecule has 6 nitrogen and oxygen atoms in total. The number of carbonyl (C=O) groups is 2. The topological polar surface area (TPSA) is 63.0 Å². The molecule has 186 valence electrons. The van der Waals surface area contributed by atoms with Crippen LogP contribution in [0.5, 0.6) is 5.75 Å². The average Bonchev–Trinajstić information content (AvgIpc) is 3.38. The van der Waals surface area contributed by atoms with Crippen LogP contribution < -0.4 is 4.74 Å². The van der Waals surface area contributed by atoms with Crippen molar-refractivity contribution in [1.29, 1.82) is 0 Å². The van der Waals surface area contributed by atoms with Gasteiger partial charge in [0.05, 0.1) is 6.04 Å². The third-order valence-electron chi connectivity index (χ3n) is 7.56. The Bertz CT molecular complexity index is 1290. The molecule has 2 amide bonds. The van der Waals surface area contributed by atoms with Crippen LogP contribution in [-0.4, -0.2) is 41.2 Å². The highest BCUT2D eigenvalue weighted by Gasteiger charge is 2.39. The van der Waals surface area contributed by atoms with E-state index in [9.17, 15) is 9.59 Å². The largest absolute Gasteiger partial charge is 0.486 e. The van der Waals surface area contributed by atoms with Crippen LogP contribution in [0.2, 0.25) is 0 Å². The van der Waals surface area contributed by atoms with E-state index in [1.807, 2.05) is 17.0 Å². The van der Waals surface area contributed by atoms with E-state index >= 15 is 0 Å². The maximum Gasteiger partial charge on any atom is 0.289 e. The fraction of sp³-hybridized carbons (Fsp3) is 0.400. The number of fused-ring (bicyclic) bond motifs is 1. The van der Waals surface area contributed by atoms with Crippen LogP contribution >= 0.6 is 0 Å². The van der Waals surface area contributed by atoms with Crippen LogP contribution in [0.4, 0.5) is 0 Å². The number of nitrogens with zero attached hydrogens (tertiary/aromatic N) is 2. The summed E-state index contributed by atoms with van der Waals surface area (Å²) in [5.74, 6) is 2.12. The molecule has 6 heteroatoms. The average molecular weight is 485 g/mol. The van der Waals surface area contributed by atoms with Crippen molar-refractivity contribution in [3.63, 3.8) is 0 Å². The summed E-state index contributed by atoms with van der Waals surface area (Å²) in [6, 6.07) is 18.1. The summed E-state index contributed by atoms with van der Waals surface area (Å²) in [6.45, 7) is 4.66. The first-order chi connectivity index (χ1) is 17.6. The molecule has 3 aromatic rings. The molecule has 2 aliphatic heterocycles. The van der Waals surface area contributed by atoms with E-state index in [2.05, 4.69) is 48.2 Å². The van der Waals surface area contributed by atoms with Crippen LogP contribution in [0.3, 0.4) is 0 Å². The first-order valence-electron chi connectivity index (χ1n) is 13.1. The maximum absolute atomic E-state index is 13.2. The third kappa shape index (κ3) is 4.52. The van der Waals surface area contributed by atoms with Crippen molar-refractivity contribution in [3.05, 3.63) is 88.4 Å². The quantitative estimate of drug-likeness (QED) is 0.477. The first kappa shape index (κ1) is 22.9. The van der Waals surface area contributed by atoms with E-state index in [1.54, 1.807) is 6.07 Å². The predicted octanol–water partition coefficient (Wildman–Crippen LogP) is 5.29. The molecule has 1 saturated carbocycles. The minimum absolute atomic E-state index is 0.0473. The summed E-state index contributed by atoms with van der Waals surface area (Å²) >= 11 is 0. The predicted molar refractivity (Wildman–Crippen MR) is 136 cm³/mol. The molecule has 1 aliphatic carbocycles. The van der Waals surface area contributed by atoms with Crippen molar-refractivity contribution < 1.29 is 18.7 Å². The van der Waals surface area contributed by atoms with E-state index in [-0.39, 0.29) is 30.4 Å². The van der Waals surface area contributed by atoms with Gasteiger partial charge in [0, 0.05) is 25.6 Å². The Labute approximate surface area is 211 Å². The molecule has 0 unspecified atom stereocenters. The second-order valence-electron chi connectivity index (χ2n) is 10.3. The number of hydrogen-bond acceptors (Lipinski definition) is 4. The summed E-state index contributed by atoms with van der Waals surface area (Å²) in [5, 5.41) is 0.